The highest BCUT2D eigenvalue weighted by Gasteiger charge is 2.26. The van der Waals surface area contributed by atoms with Crippen LogP contribution in [0.2, 0.25) is 0 Å². The van der Waals surface area contributed by atoms with Crippen molar-refractivity contribution in [2.45, 2.75) is 43.3 Å². The third kappa shape index (κ3) is 2.94. The van der Waals surface area contributed by atoms with Crippen LogP contribution in [0.5, 0.6) is 0 Å². The van der Waals surface area contributed by atoms with Crippen molar-refractivity contribution in [2.24, 2.45) is 0 Å². The van der Waals surface area contributed by atoms with Gasteiger partial charge < -0.3 is 0 Å². The van der Waals surface area contributed by atoms with Gasteiger partial charge in [-0.1, -0.05) is 62.4 Å². The Balaban J connectivity index is 2.09. The summed E-state index contributed by atoms with van der Waals surface area (Å²) in [6, 6.07) is 17.8. The summed E-state index contributed by atoms with van der Waals surface area (Å²) in [6.45, 7) is 9.06. The van der Waals surface area contributed by atoms with Gasteiger partial charge in [0, 0.05) is 9.64 Å². The topological polar surface area (TPSA) is 0 Å². The SMILES string of the molecule is CC(C)c1ccc(C2=CC(C)(C)Sc3ccccc32)cc1. The maximum absolute atomic E-state index is 2.41. The van der Waals surface area contributed by atoms with Gasteiger partial charge in [-0.15, -0.1) is 11.8 Å². The molecule has 0 aromatic heterocycles. The summed E-state index contributed by atoms with van der Waals surface area (Å²) in [5.74, 6) is 0.582. The summed E-state index contributed by atoms with van der Waals surface area (Å²) in [7, 11) is 0. The normalized spacial score (nSPS) is 16.5. The van der Waals surface area contributed by atoms with Crippen LogP contribution < -0.4 is 0 Å². The highest BCUT2D eigenvalue weighted by atomic mass is 32.2. The summed E-state index contributed by atoms with van der Waals surface area (Å²) in [5, 5.41) is 0. The Kier molecular flexibility index (Phi) is 3.71. The van der Waals surface area contributed by atoms with Gasteiger partial charge >= 0.3 is 0 Å². The second kappa shape index (κ2) is 5.38. The van der Waals surface area contributed by atoms with E-state index in [1.54, 1.807) is 0 Å². The highest BCUT2D eigenvalue weighted by Crippen LogP contribution is 2.45. The van der Waals surface area contributed by atoms with E-state index < -0.39 is 0 Å². The molecule has 0 saturated heterocycles. The first-order chi connectivity index (χ1) is 9.96. The van der Waals surface area contributed by atoms with Gasteiger partial charge in [0.1, 0.15) is 0 Å². The molecular formula is C20H22S. The number of benzene rings is 2. The minimum atomic E-state index is 0.139. The largest absolute Gasteiger partial charge is 0.115 e. The van der Waals surface area contributed by atoms with E-state index in [-0.39, 0.29) is 4.75 Å². The maximum atomic E-state index is 2.41. The summed E-state index contributed by atoms with van der Waals surface area (Å²) < 4.78 is 0.139. The molecule has 0 atom stereocenters. The smallest absolute Gasteiger partial charge is 0.0339 e. The zero-order valence-corrected chi connectivity index (χ0v) is 14.0. The Bertz CT molecular complexity index is 675. The molecule has 0 saturated carbocycles. The van der Waals surface area contributed by atoms with E-state index in [4.69, 9.17) is 0 Å². The average molecular weight is 294 g/mol. The molecule has 0 amide bonds. The maximum Gasteiger partial charge on any atom is 0.0339 e. The third-order valence-corrected chi connectivity index (χ3v) is 5.15. The summed E-state index contributed by atoms with van der Waals surface area (Å²) in [4.78, 5) is 1.38. The van der Waals surface area contributed by atoms with Crippen LogP contribution in [0.1, 0.15) is 50.3 Å². The lowest BCUT2D eigenvalue weighted by atomic mass is 9.92. The minimum Gasteiger partial charge on any atom is -0.115 e. The van der Waals surface area contributed by atoms with Crippen LogP contribution in [0, 0.1) is 0 Å². The lowest BCUT2D eigenvalue weighted by molar-refractivity contribution is 0.866. The van der Waals surface area contributed by atoms with Crippen LogP contribution >= 0.6 is 11.8 Å². The van der Waals surface area contributed by atoms with E-state index in [1.165, 1.54) is 27.2 Å². The molecule has 2 aromatic carbocycles. The predicted octanol–water partition coefficient (Wildman–Crippen LogP) is 6.13. The van der Waals surface area contributed by atoms with Crippen LogP contribution in [-0.4, -0.2) is 4.75 Å². The standard InChI is InChI=1S/C20H22S/c1-14(2)15-9-11-16(12-10-15)18-13-20(3,4)21-19-8-6-5-7-17(18)19/h5-14H,1-4H3. The zero-order valence-electron chi connectivity index (χ0n) is 13.2. The Labute approximate surface area is 132 Å². The van der Waals surface area contributed by atoms with Crippen LogP contribution in [0.25, 0.3) is 5.57 Å². The van der Waals surface area contributed by atoms with Crippen LogP contribution in [0.15, 0.2) is 59.5 Å². The fourth-order valence-corrected chi connectivity index (χ4v) is 3.98. The van der Waals surface area contributed by atoms with Gasteiger partial charge in [-0.25, -0.2) is 0 Å². The van der Waals surface area contributed by atoms with E-state index in [0.717, 1.165) is 0 Å². The molecule has 0 bridgehead atoms. The molecule has 1 aliphatic rings. The lowest BCUT2D eigenvalue weighted by Gasteiger charge is -2.29. The molecule has 1 heteroatoms. The molecule has 0 N–H and O–H groups in total. The summed E-state index contributed by atoms with van der Waals surface area (Å²) in [6.07, 6.45) is 2.41. The van der Waals surface area contributed by atoms with E-state index in [9.17, 15) is 0 Å². The Hall–Kier alpha value is -1.47. The van der Waals surface area contributed by atoms with Gasteiger partial charge in [-0.3, -0.25) is 0 Å². The number of rotatable bonds is 2. The van der Waals surface area contributed by atoms with E-state index >= 15 is 0 Å². The fourth-order valence-electron chi connectivity index (χ4n) is 2.80. The molecule has 0 unspecified atom stereocenters. The Morgan fingerprint density at radius 1 is 0.905 bits per heavy atom. The molecule has 0 radical (unpaired) electrons. The first kappa shape index (κ1) is 14.5. The van der Waals surface area contributed by atoms with Crippen molar-refractivity contribution in [3.63, 3.8) is 0 Å². The molecule has 108 valence electrons. The molecule has 21 heavy (non-hydrogen) atoms. The number of hydrogen-bond donors (Lipinski definition) is 0. The summed E-state index contributed by atoms with van der Waals surface area (Å²) >= 11 is 1.94. The molecule has 0 spiro atoms. The first-order valence-electron chi connectivity index (χ1n) is 7.58. The van der Waals surface area contributed by atoms with Crippen molar-refractivity contribution >= 4 is 17.3 Å². The fraction of sp³-hybridized carbons (Fsp3) is 0.300. The Morgan fingerprint density at radius 2 is 1.57 bits per heavy atom. The molecular weight excluding hydrogens is 272 g/mol. The average Bonchev–Trinajstić information content (AvgIpc) is 2.45. The van der Waals surface area contributed by atoms with Gasteiger partial charge in [-0.05, 0) is 48.1 Å². The van der Waals surface area contributed by atoms with Gasteiger partial charge in [0.2, 0.25) is 0 Å². The van der Waals surface area contributed by atoms with Gasteiger partial charge in [-0.2, -0.15) is 0 Å². The van der Waals surface area contributed by atoms with Gasteiger partial charge in [0.05, 0.1) is 0 Å². The van der Waals surface area contributed by atoms with Crippen molar-refractivity contribution in [1.29, 1.82) is 0 Å². The number of fused-ring (bicyclic) bond motifs is 1. The second-order valence-electron chi connectivity index (χ2n) is 6.54. The summed E-state index contributed by atoms with van der Waals surface area (Å²) in [5.41, 5.74) is 5.45. The van der Waals surface area contributed by atoms with Crippen molar-refractivity contribution in [3.8, 4) is 0 Å². The molecule has 0 fully saturated rings. The van der Waals surface area contributed by atoms with E-state index in [0.29, 0.717) is 5.92 Å². The van der Waals surface area contributed by atoms with E-state index in [2.05, 4.69) is 82.3 Å². The molecule has 2 aromatic rings. The Morgan fingerprint density at radius 3 is 2.24 bits per heavy atom. The van der Waals surface area contributed by atoms with Crippen LogP contribution in [0.4, 0.5) is 0 Å². The quantitative estimate of drug-likeness (QED) is 0.642. The minimum absolute atomic E-state index is 0.139. The van der Waals surface area contributed by atoms with Crippen molar-refractivity contribution < 1.29 is 0 Å². The molecule has 1 heterocycles. The molecule has 1 aliphatic heterocycles. The third-order valence-electron chi connectivity index (χ3n) is 3.93. The molecule has 3 rings (SSSR count). The van der Waals surface area contributed by atoms with Gasteiger partial charge in [0.15, 0.2) is 0 Å². The van der Waals surface area contributed by atoms with Crippen LogP contribution in [0.3, 0.4) is 0 Å². The first-order valence-corrected chi connectivity index (χ1v) is 8.39. The van der Waals surface area contributed by atoms with Crippen molar-refractivity contribution in [1.82, 2.24) is 0 Å². The van der Waals surface area contributed by atoms with E-state index in [1.807, 2.05) is 11.8 Å². The van der Waals surface area contributed by atoms with Crippen molar-refractivity contribution in [3.05, 3.63) is 71.3 Å². The number of hydrogen-bond acceptors (Lipinski definition) is 1. The zero-order chi connectivity index (χ0) is 15.0. The van der Waals surface area contributed by atoms with Crippen molar-refractivity contribution in [2.75, 3.05) is 0 Å². The molecule has 0 nitrogen and oxygen atoms in total. The second-order valence-corrected chi connectivity index (χ2v) is 8.23. The van der Waals surface area contributed by atoms with Crippen LogP contribution in [-0.2, 0) is 0 Å². The molecule has 0 aliphatic carbocycles. The van der Waals surface area contributed by atoms with Gasteiger partial charge in [0.25, 0.3) is 0 Å². The predicted molar refractivity (Wildman–Crippen MR) is 94.0 cm³/mol. The highest BCUT2D eigenvalue weighted by molar-refractivity contribution is 8.01. The monoisotopic (exact) mass is 294 g/mol. The number of thioether (sulfide) groups is 1. The lowest BCUT2D eigenvalue weighted by Crippen LogP contribution is -2.16.